The third-order valence-corrected chi connectivity index (χ3v) is 6.83. The van der Waals surface area contributed by atoms with Gasteiger partial charge in [0.1, 0.15) is 0 Å². The Labute approximate surface area is 124 Å². The van der Waals surface area contributed by atoms with Crippen molar-refractivity contribution in [2.24, 2.45) is 11.3 Å². The average molecular weight is 284 g/mol. The third-order valence-electron chi connectivity index (χ3n) is 5.16. The lowest BCUT2D eigenvalue weighted by Gasteiger charge is -2.34. The predicted molar refractivity (Wildman–Crippen MR) is 87.9 cm³/mol. The van der Waals surface area contributed by atoms with Gasteiger partial charge < -0.3 is 5.32 Å². The van der Waals surface area contributed by atoms with Crippen LogP contribution in [0.25, 0.3) is 0 Å². The number of thioether (sulfide) groups is 1. The highest BCUT2D eigenvalue weighted by Crippen LogP contribution is 2.46. The van der Waals surface area contributed by atoms with Gasteiger partial charge in [0.15, 0.2) is 0 Å². The molecular weight excluding hydrogens is 250 g/mol. The highest BCUT2D eigenvalue weighted by Gasteiger charge is 2.42. The average Bonchev–Trinajstić information content (AvgIpc) is 2.62. The Morgan fingerprint density at radius 1 is 1.21 bits per heavy atom. The fourth-order valence-electron chi connectivity index (χ4n) is 3.94. The van der Waals surface area contributed by atoms with Gasteiger partial charge in [-0.2, -0.15) is 11.8 Å². The molecule has 0 aliphatic heterocycles. The largest absolute Gasteiger partial charge is 0.312 e. The maximum absolute atomic E-state index is 3.85. The Morgan fingerprint density at radius 3 is 2.68 bits per heavy atom. The molecule has 0 heterocycles. The lowest BCUT2D eigenvalue weighted by atomic mass is 9.87. The summed E-state index contributed by atoms with van der Waals surface area (Å²) in [4.78, 5) is 0. The third kappa shape index (κ3) is 4.14. The van der Waals surface area contributed by atoms with Crippen molar-refractivity contribution in [3.05, 3.63) is 0 Å². The van der Waals surface area contributed by atoms with E-state index in [4.69, 9.17) is 0 Å². The van der Waals surface area contributed by atoms with Crippen molar-refractivity contribution >= 4 is 11.8 Å². The maximum atomic E-state index is 3.85. The van der Waals surface area contributed by atoms with E-state index in [-0.39, 0.29) is 0 Å². The van der Waals surface area contributed by atoms with Crippen molar-refractivity contribution < 1.29 is 0 Å². The first-order chi connectivity index (χ1) is 9.03. The van der Waals surface area contributed by atoms with Gasteiger partial charge in [-0.05, 0) is 50.0 Å². The minimum atomic E-state index is 0.493. The molecule has 19 heavy (non-hydrogen) atoms. The zero-order valence-corrected chi connectivity index (χ0v) is 14.2. The minimum absolute atomic E-state index is 0.493. The fraction of sp³-hybridized carbons (Fsp3) is 1.00. The smallest absolute Gasteiger partial charge is 0.0237 e. The number of nitrogens with one attached hydrogen (secondary N) is 1. The maximum Gasteiger partial charge on any atom is 0.0237 e. The molecule has 0 aromatic carbocycles. The molecule has 4 atom stereocenters. The zero-order valence-electron chi connectivity index (χ0n) is 13.4. The Morgan fingerprint density at radius 2 is 2.00 bits per heavy atom. The molecule has 4 unspecified atom stereocenters. The molecule has 2 saturated carbocycles. The summed E-state index contributed by atoms with van der Waals surface area (Å²) in [5.41, 5.74) is 0.493. The van der Waals surface area contributed by atoms with E-state index < -0.39 is 0 Å². The summed E-state index contributed by atoms with van der Waals surface area (Å²) >= 11 is 2.33. The van der Waals surface area contributed by atoms with Gasteiger partial charge in [-0.25, -0.2) is 0 Å². The molecule has 2 fully saturated rings. The molecule has 1 nitrogen and oxygen atoms in total. The van der Waals surface area contributed by atoms with E-state index in [9.17, 15) is 0 Å². The van der Waals surface area contributed by atoms with Gasteiger partial charge in [0, 0.05) is 16.5 Å². The zero-order chi connectivity index (χ0) is 13.9. The molecule has 2 rings (SSSR count). The summed E-state index contributed by atoms with van der Waals surface area (Å²) in [6.07, 6.45) is 9.92. The van der Waals surface area contributed by atoms with Crippen LogP contribution < -0.4 is 5.32 Å². The fourth-order valence-corrected chi connectivity index (χ4v) is 6.06. The summed E-state index contributed by atoms with van der Waals surface area (Å²) in [5.74, 6) is 0.961. The molecule has 1 N–H and O–H groups in total. The van der Waals surface area contributed by atoms with Crippen molar-refractivity contribution in [1.82, 2.24) is 5.32 Å². The van der Waals surface area contributed by atoms with Crippen LogP contribution in [0, 0.1) is 11.3 Å². The predicted octanol–water partition coefficient (Wildman–Crippen LogP) is 4.86. The molecule has 0 saturated heterocycles. The SMILES string of the molecule is CCCNC1C(SC2CCCC(C)C2)CCC1(C)C. The van der Waals surface area contributed by atoms with Crippen LogP contribution in [-0.4, -0.2) is 23.1 Å². The van der Waals surface area contributed by atoms with Gasteiger partial charge in [0.2, 0.25) is 0 Å². The van der Waals surface area contributed by atoms with Crippen molar-refractivity contribution in [2.45, 2.75) is 89.2 Å². The highest BCUT2D eigenvalue weighted by molar-refractivity contribution is 8.00. The molecule has 0 aromatic heterocycles. The van der Waals surface area contributed by atoms with Crippen LogP contribution in [0.1, 0.15) is 72.6 Å². The number of rotatable bonds is 5. The van der Waals surface area contributed by atoms with Crippen molar-refractivity contribution in [3.8, 4) is 0 Å². The molecule has 2 aliphatic carbocycles. The number of hydrogen-bond acceptors (Lipinski definition) is 2. The first kappa shape index (κ1) is 15.7. The molecule has 2 aliphatic rings. The Kier molecular flexibility index (Phi) is 5.65. The molecule has 0 aromatic rings. The van der Waals surface area contributed by atoms with E-state index >= 15 is 0 Å². The van der Waals surface area contributed by atoms with E-state index in [1.165, 1.54) is 51.5 Å². The van der Waals surface area contributed by atoms with Crippen LogP contribution in [0.15, 0.2) is 0 Å². The van der Waals surface area contributed by atoms with Crippen LogP contribution in [0.4, 0.5) is 0 Å². The Hall–Kier alpha value is 0.310. The van der Waals surface area contributed by atoms with Gasteiger partial charge in [0.05, 0.1) is 0 Å². The quantitative estimate of drug-likeness (QED) is 0.773. The standard InChI is InChI=1S/C17H33NS/c1-5-11-18-16-15(9-10-17(16,3)4)19-14-8-6-7-13(2)12-14/h13-16,18H,5-12H2,1-4H3. The van der Waals surface area contributed by atoms with Crippen LogP contribution in [0.5, 0.6) is 0 Å². The summed E-state index contributed by atoms with van der Waals surface area (Å²) in [6.45, 7) is 10.8. The van der Waals surface area contributed by atoms with Gasteiger partial charge in [-0.15, -0.1) is 0 Å². The topological polar surface area (TPSA) is 12.0 Å². The van der Waals surface area contributed by atoms with Crippen molar-refractivity contribution in [1.29, 1.82) is 0 Å². The van der Waals surface area contributed by atoms with E-state index in [0.717, 1.165) is 22.5 Å². The molecule has 112 valence electrons. The Bertz CT molecular complexity index is 276. The highest BCUT2D eigenvalue weighted by atomic mass is 32.2. The van der Waals surface area contributed by atoms with Crippen LogP contribution in [-0.2, 0) is 0 Å². The second-order valence-corrected chi connectivity index (χ2v) is 9.07. The van der Waals surface area contributed by atoms with Gasteiger partial charge in [-0.3, -0.25) is 0 Å². The summed E-state index contributed by atoms with van der Waals surface area (Å²) in [6, 6.07) is 0.731. The molecule has 0 amide bonds. The molecular formula is C17H33NS. The summed E-state index contributed by atoms with van der Waals surface area (Å²) < 4.78 is 0. The minimum Gasteiger partial charge on any atom is -0.312 e. The van der Waals surface area contributed by atoms with Gasteiger partial charge >= 0.3 is 0 Å². The normalized spacial score (nSPS) is 38.5. The van der Waals surface area contributed by atoms with E-state index in [1.807, 2.05) is 0 Å². The van der Waals surface area contributed by atoms with Gasteiger partial charge in [-0.1, -0.05) is 40.5 Å². The lowest BCUT2D eigenvalue weighted by molar-refractivity contribution is 0.287. The van der Waals surface area contributed by atoms with E-state index in [1.54, 1.807) is 0 Å². The molecule has 0 radical (unpaired) electrons. The van der Waals surface area contributed by atoms with Crippen LogP contribution in [0.3, 0.4) is 0 Å². The first-order valence-electron chi connectivity index (χ1n) is 8.41. The van der Waals surface area contributed by atoms with Gasteiger partial charge in [0.25, 0.3) is 0 Å². The first-order valence-corrected chi connectivity index (χ1v) is 9.36. The monoisotopic (exact) mass is 283 g/mol. The molecule has 0 bridgehead atoms. The second kappa shape index (κ2) is 6.85. The summed E-state index contributed by atoms with van der Waals surface area (Å²) in [7, 11) is 0. The van der Waals surface area contributed by atoms with Crippen molar-refractivity contribution in [3.63, 3.8) is 0 Å². The van der Waals surface area contributed by atoms with Crippen molar-refractivity contribution in [2.75, 3.05) is 6.54 Å². The summed E-state index contributed by atoms with van der Waals surface area (Å²) in [5, 5.41) is 5.65. The second-order valence-electron chi connectivity index (χ2n) is 7.53. The Balaban J connectivity index is 1.90. The van der Waals surface area contributed by atoms with Crippen LogP contribution >= 0.6 is 11.8 Å². The van der Waals surface area contributed by atoms with Crippen LogP contribution in [0.2, 0.25) is 0 Å². The van der Waals surface area contributed by atoms with E-state index in [0.29, 0.717) is 5.41 Å². The lowest BCUT2D eigenvalue weighted by Crippen LogP contribution is -2.44. The number of hydrogen-bond donors (Lipinski definition) is 1. The van der Waals surface area contributed by atoms with E-state index in [2.05, 4.69) is 44.8 Å². The molecule has 2 heteroatoms. The molecule has 0 spiro atoms.